The van der Waals surface area contributed by atoms with Crippen molar-refractivity contribution in [1.29, 1.82) is 0 Å². The summed E-state index contributed by atoms with van der Waals surface area (Å²) in [5.41, 5.74) is 10.5. The zero-order valence-corrected chi connectivity index (χ0v) is 12.7. The summed E-state index contributed by atoms with van der Waals surface area (Å²) in [4.78, 5) is 16.1. The van der Waals surface area contributed by atoms with Gasteiger partial charge in [0.2, 0.25) is 0 Å². The van der Waals surface area contributed by atoms with Gasteiger partial charge in [-0.05, 0) is 30.4 Å². The van der Waals surface area contributed by atoms with Crippen molar-refractivity contribution in [2.24, 2.45) is 0 Å². The first-order valence-corrected chi connectivity index (χ1v) is 8.36. The number of anilines is 1. The molecule has 1 amide bonds. The number of amides is 1. The van der Waals surface area contributed by atoms with Gasteiger partial charge in [0.15, 0.2) is 0 Å². The van der Waals surface area contributed by atoms with Crippen LogP contribution < -0.4 is 5.73 Å². The van der Waals surface area contributed by atoms with Gasteiger partial charge in [0, 0.05) is 30.0 Å². The number of nitrogens with two attached hydrogens (primary N) is 1. The average Bonchev–Trinajstić information content (AvgIpc) is 3.02. The summed E-state index contributed by atoms with van der Waals surface area (Å²) in [6.07, 6.45) is 4.35. The topological polar surface area (TPSA) is 46.3 Å². The number of hydrogen-bond acceptors (Lipinski definition) is 3. The van der Waals surface area contributed by atoms with Crippen LogP contribution in [0.2, 0.25) is 0 Å². The maximum Gasteiger partial charge on any atom is 0.257 e. The molecular weight excluding hydrogens is 280 g/mol. The Kier molecular flexibility index (Phi) is 3.00. The number of thiophene rings is 1. The SMILES string of the molecule is Nc1sc2c(c1C(=O)N1CCCCC1)-c1ccccc1C2. The average molecular weight is 298 g/mol. The van der Waals surface area contributed by atoms with E-state index in [-0.39, 0.29) is 5.91 Å². The van der Waals surface area contributed by atoms with Crippen LogP contribution in [0, 0.1) is 0 Å². The molecular formula is C17H18N2OS. The molecule has 21 heavy (non-hydrogen) atoms. The van der Waals surface area contributed by atoms with E-state index in [9.17, 15) is 4.79 Å². The maximum atomic E-state index is 12.9. The number of likely N-dealkylation sites (tertiary alicyclic amines) is 1. The van der Waals surface area contributed by atoms with Gasteiger partial charge in [-0.3, -0.25) is 4.79 Å². The van der Waals surface area contributed by atoms with Crippen LogP contribution in [0.15, 0.2) is 24.3 Å². The van der Waals surface area contributed by atoms with Gasteiger partial charge in [-0.15, -0.1) is 11.3 Å². The molecule has 2 N–H and O–H groups in total. The van der Waals surface area contributed by atoms with Crippen molar-refractivity contribution in [2.75, 3.05) is 18.8 Å². The van der Waals surface area contributed by atoms with Gasteiger partial charge in [-0.2, -0.15) is 0 Å². The van der Waals surface area contributed by atoms with E-state index in [1.165, 1.54) is 22.4 Å². The molecule has 108 valence electrons. The fourth-order valence-electron chi connectivity index (χ4n) is 3.47. The van der Waals surface area contributed by atoms with E-state index in [4.69, 9.17) is 5.73 Å². The Balaban J connectivity index is 1.79. The lowest BCUT2D eigenvalue weighted by Gasteiger charge is -2.27. The van der Waals surface area contributed by atoms with Crippen LogP contribution in [0.5, 0.6) is 0 Å². The molecule has 1 fully saturated rings. The van der Waals surface area contributed by atoms with E-state index in [1.54, 1.807) is 11.3 Å². The van der Waals surface area contributed by atoms with Gasteiger partial charge in [0.1, 0.15) is 0 Å². The Morgan fingerprint density at radius 3 is 2.71 bits per heavy atom. The summed E-state index contributed by atoms with van der Waals surface area (Å²) >= 11 is 1.58. The number of nitrogen functional groups attached to an aromatic ring is 1. The molecule has 2 heterocycles. The smallest absolute Gasteiger partial charge is 0.257 e. The lowest BCUT2D eigenvalue weighted by atomic mass is 10.0. The highest BCUT2D eigenvalue weighted by Crippen LogP contribution is 2.46. The summed E-state index contributed by atoms with van der Waals surface area (Å²) in [7, 11) is 0. The molecule has 0 spiro atoms. The molecule has 4 heteroatoms. The first-order valence-electron chi connectivity index (χ1n) is 7.54. The van der Waals surface area contributed by atoms with E-state index >= 15 is 0 Å². The van der Waals surface area contributed by atoms with Crippen LogP contribution in [0.4, 0.5) is 5.00 Å². The van der Waals surface area contributed by atoms with Gasteiger partial charge >= 0.3 is 0 Å². The fraction of sp³-hybridized carbons (Fsp3) is 0.353. The minimum absolute atomic E-state index is 0.126. The first-order chi connectivity index (χ1) is 10.3. The lowest BCUT2D eigenvalue weighted by molar-refractivity contribution is 0.0726. The largest absolute Gasteiger partial charge is 0.390 e. The molecule has 2 aliphatic rings. The van der Waals surface area contributed by atoms with E-state index in [0.29, 0.717) is 5.00 Å². The number of fused-ring (bicyclic) bond motifs is 3. The van der Waals surface area contributed by atoms with Crippen LogP contribution in [-0.4, -0.2) is 23.9 Å². The Morgan fingerprint density at radius 1 is 1.14 bits per heavy atom. The second-order valence-corrected chi connectivity index (χ2v) is 6.96. The summed E-state index contributed by atoms with van der Waals surface area (Å²) < 4.78 is 0. The van der Waals surface area contributed by atoms with Crippen LogP contribution in [0.1, 0.15) is 40.1 Å². The first kappa shape index (κ1) is 12.9. The highest BCUT2D eigenvalue weighted by molar-refractivity contribution is 7.17. The summed E-state index contributed by atoms with van der Waals surface area (Å²) in [5.74, 6) is 0.126. The van der Waals surface area contributed by atoms with Crippen molar-refractivity contribution < 1.29 is 4.79 Å². The number of nitrogens with zero attached hydrogens (tertiary/aromatic N) is 1. The molecule has 2 aromatic rings. The minimum Gasteiger partial charge on any atom is -0.390 e. The fourth-order valence-corrected chi connectivity index (χ4v) is 4.56. The lowest BCUT2D eigenvalue weighted by Crippen LogP contribution is -2.35. The second kappa shape index (κ2) is 4.88. The van der Waals surface area contributed by atoms with Gasteiger partial charge < -0.3 is 10.6 Å². The minimum atomic E-state index is 0.126. The standard InChI is InChI=1S/C17H18N2OS/c18-16-15(17(20)19-8-4-1-5-9-19)14-12-7-3-2-6-11(12)10-13(14)21-16/h2-3,6-7H,1,4-5,8-10,18H2. The Bertz CT molecular complexity index is 714. The van der Waals surface area contributed by atoms with E-state index in [0.717, 1.165) is 43.5 Å². The van der Waals surface area contributed by atoms with Crippen molar-refractivity contribution >= 4 is 22.2 Å². The van der Waals surface area contributed by atoms with Crippen molar-refractivity contribution in [3.8, 4) is 11.1 Å². The van der Waals surface area contributed by atoms with Crippen LogP contribution in [-0.2, 0) is 6.42 Å². The Morgan fingerprint density at radius 2 is 1.90 bits per heavy atom. The van der Waals surface area contributed by atoms with E-state index in [2.05, 4.69) is 18.2 Å². The molecule has 0 radical (unpaired) electrons. The number of rotatable bonds is 1. The van der Waals surface area contributed by atoms with Crippen LogP contribution in [0.3, 0.4) is 0 Å². The summed E-state index contributed by atoms with van der Waals surface area (Å²) in [6.45, 7) is 1.73. The molecule has 0 unspecified atom stereocenters. The molecule has 1 aliphatic carbocycles. The van der Waals surface area contributed by atoms with Crippen LogP contribution in [0.25, 0.3) is 11.1 Å². The highest BCUT2D eigenvalue weighted by atomic mass is 32.1. The predicted molar refractivity (Wildman–Crippen MR) is 86.7 cm³/mol. The molecule has 1 aromatic heterocycles. The highest BCUT2D eigenvalue weighted by Gasteiger charge is 2.31. The Labute approximate surface area is 128 Å². The summed E-state index contributed by atoms with van der Waals surface area (Å²) in [6, 6.07) is 8.36. The number of hydrogen-bond donors (Lipinski definition) is 1. The molecule has 0 saturated carbocycles. The van der Waals surface area contributed by atoms with Crippen LogP contribution >= 0.6 is 11.3 Å². The van der Waals surface area contributed by atoms with E-state index in [1.807, 2.05) is 11.0 Å². The Hall–Kier alpha value is -1.81. The third kappa shape index (κ3) is 1.97. The summed E-state index contributed by atoms with van der Waals surface area (Å²) in [5, 5.41) is 0.685. The molecule has 1 aromatic carbocycles. The van der Waals surface area contributed by atoms with Gasteiger partial charge in [-0.25, -0.2) is 0 Å². The zero-order chi connectivity index (χ0) is 14.4. The molecule has 1 aliphatic heterocycles. The van der Waals surface area contributed by atoms with Gasteiger partial charge in [-0.1, -0.05) is 24.3 Å². The quantitative estimate of drug-likeness (QED) is 0.747. The van der Waals surface area contributed by atoms with Gasteiger partial charge in [0.25, 0.3) is 5.91 Å². The van der Waals surface area contributed by atoms with E-state index < -0.39 is 0 Å². The molecule has 0 bridgehead atoms. The molecule has 4 rings (SSSR count). The second-order valence-electron chi connectivity index (χ2n) is 5.83. The molecule has 3 nitrogen and oxygen atoms in total. The van der Waals surface area contributed by atoms with Crippen molar-refractivity contribution in [2.45, 2.75) is 25.7 Å². The van der Waals surface area contributed by atoms with Crippen molar-refractivity contribution in [3.63, 3.8) is 0 Å². The van der Waals surface area contributed by atoms with Gasteiger partial charge in [0.05, 0.1) is 10.6 Å². The normalized spacial score (nSPS) is 16.7. The maximum absolute atomic E-state index is 12.9. The number of benzene rings is 1. The predicted octanol–water partition coefficient (Wildman–Crippen LogP) is 3.53. The van der Waals surface area contributed by atoms with Crippen molar-refractivity contribution in [1.82, 2.24) is 4.90 Å². The third-order valence-electron chi connectivity index (χ3n) is 4.50. The zero-order valence-electron chi connectivity index (χ0n) is 11.9. The number of carbonyl (C=O) groups excluding carboxylic acids is 1. The van der Waals surface area contributed by atoms with Crippen molar-refractivity contribution in [3.05, 3.63) is 40.3 Å². The molecule has 0 atom stereocenters. The molecule has 1 saturated heterocycles. The number of carbonyl (C=O) groups is 1. The third-order valence-corrected chi connectivity index (χ3v) is 5.52. The number of piperidine rings is 1. The monoisotopic (exact) mass is 298 g/mol.